The highest BCUT2D eigenvalue weighted by Gasteiger charge is 2.20. The smallest absolute Gasteiger partial charge is 0.253 e. The minimum atomic E-state index is -0.0149. The predicted molar refractivity (Wildman–Crippen MR) is 532 cm³/mol. The fraction of sp³-hybridized carbons (Fsp3) is 0.188. The normalized spacial score (nSPS) is 10.7. The SMILES string of the molecule is COCc1cc(C(=O)CCCc2ccncc2)ccc1-c1ccc(Cl)cc1.COCc1cc(C(=O)CCc2ccccn2)ccc1-c1ccc(Cl)cc1.COCc1cc(C(=O)CCc2cccnc2)ccc1-c1ccc(Cl)cc1.COCc1cc(C(=O)CCc2ccncc2)ccc1-c1ccc(Cl)cc1.COCc1cc(C(=O)N(C)Cc2ccccc2)ccc1-c1ccc(Cl)cc1. The van der Waals surface area contributed by atoms with Crippen LogP contribution in [-0.2, 0) is 88.9 Å². The molecular formula is C112H104Cl5N5O10. The fourth-order valence-electron chi connectivity index (χ4n) is 14.9. The first-order valence-corrected chi connectivity index (χ1v) is 45.0. The molecule has 15 rings (SSSR count). The van der Waals surface area contributed by atoms with E-state index in [9.17, 15) is 24.0 Å². The fourth-order valence-corrected chi connectivity index (χ4v) is 15.5. The first kappa shape index (κ1) is 100.0. The number of aryl methyl sites for hydroxylation is 4. The number of methoxy groups -OCH3 is 5. The van der Waals surface area contributed by atoms with Gasteiger partial charge in [-0.1, -0.05) is 216 Å². The molecular weight excluding hydrogens is 1750 g/mol. The van der Waals surface area contributed by atoms with Crippen molar-refractivity contribution in [2.45, 2.75) is 97.4 Å². The molecule has 15 nitrogen and oxygen atoms in total. The number of rotatable bonds is 35. The summed E-state index contributed by atoms with van der Waals surface area (Å²) < 4.78 is 26.7. The van der Waals surface area contributed by atoms with Crippen LogP contribution < -0.4 is 0 Å². The lowest BCUT2D eigenvalue weighted by atomic mass is 9.95. The molecule has 4 aromatic heterocycles. The van der Waals surface area contributed by atoms with Crippen molar-refractivity contribution in [1.29, 1.82) is 0 Å². The van der Waals surface area contributed by atoms with Gasteiger partial charge in [0.05, 0.1) is 33.0 Å². The number of ketones is 4. The number of hydrogen-bond donors (Lipinski definition) is 0. The summed E-state index contributed by atoms with van der Waals surface area (Å²) in [6, 6.07) is 94.8. The monoisotopic (exact) mass is 1850 g/mol. The van der Waals surface area contributed by atoms with Gasteiger partial charge in [-0.15, -0.1) is 0 Å². The minimum absolute atomic E-state index is 0.0149. The van der Waals surface area contributed by atoms with Crippen LogP contribution in [0, 0.1) is 0 Å². The number of halogens is 5. The molecule has 0 fully saturated rings. The van der Waals surface area contributed by atoms with E-state index in [-0.39, 0.29) is 29.0 Å². The van der Waals surface area contributed by atoms with Gasteiger partial charge in [-0.25, -0.2) is 0 Å². The Kier molecular flexibility index (Phi) is 40.2. The zero-order valence-corrected chi connectivity index (χ0v) is 78.4. The number of nitrogens with zero attached hydrogens (tertiary/aromatic N) is 5. The van der Waals surface area contributed by atoms with Gasteiger partial charge in [-0.2, -0.15) is 0 Å². The number of ether oxygens (including phenoxy) is 5. The molecule has 15 aromatic rings. The topological polar surface area (TPSA) is 186 Å². The van der Waals surface area contributed by atoms with Crippen LogP contribution >= 0.6 is 58.0 Å². The minimum Gasteiger partial charge on any atom is -0.380 e. The number of amides is 1. The number of carbonyl (C=O) groups is 5. The molecule has 0 bridgehead atoms. The van der Waals surface area contributed by atoms with E-state index in [0.717, 1.165) is 124 Å². The van der Waals surface area contributed by atoms with Crippen LogP contribution in [0.25, 0.3) is 55.6 Å². The number of Topliss-reactive ketones (excluding diaryl/α,β-unsaturated/α-hetero) is 4. The molecule has 0 N–H and O–H groups in total. The lowest BCUT2D eigenvalue weighted by molar-refractivity contribution is 0.0783. The summed E-state index contributed by atoms with van der Waals surface area (Å²) in [7, 11) is 10.1. The Morgan fingerprint density at radius 2 is 0.591 bits per heavy atom. The van der Waals surface area contributed by atoms with Gasteiger partial charge in [0.1, 0.15) is 0 Å². The van der Waals surface area contributed by atoms with Gasteiger partial charge in [0.2, 0.25) is 0 Å². The van der Waals surface area contributed by atoms with Crippen LogP contribution in [0.4, 0.5) is 0 Å². The van der Waals surface area contributed by atoms with Crippen LogP contribution in [0.3, 0.4) is 0 Å². The van der Waals surface area contributed by atoms with E-state index in [2.05, 4.69) is 19.9 Å². The third-order valence-corrected chi connectivity index (χ3v) is 22.9. The molecule has 1 amide bonds. The number of aromatic nitrogens is 4. The summed E-state index contributed by atoms with van der Waals surface area (Å²) in [6.45, 7) is 2.79. The maximum Gasteiger partial charge on any atom is 0.253 e. The van der Waals surface area contributed by atoms with E-state index >= 15 is 0 Å². The highest BCUT2D eigenvalue weighted by molar-refractivity contribution is 6.32. The average Bonchev–Trinajstić information content (AvgIpc) is 0.839. The molecule has 0 unspecified atom stereocenters. The number of hydrogen-bond acceptors (Lipinski definition) is 14. The maximum absolute atomic E-state index is 12.9. The van der Waals surface area contributed by atoms with Gasteiger partial charge < -0.3 is 28.6 Å². The van der Waals surface area contributed by atoms with Crippen LogP contribution in [0.1, 0.15) is 140 Å². The third kappa shape index (κ3) is 31.0. The van der Waals surface area contributed by atoms with Crippen molar-refractivity contribution in [2.75, 3.05) is 42.6 Å². The van der Waals surface area contributed by atoms with Crippen molar-refractivity contribution in [3.63, 3.8) is 0 Å². The van der Waals surface area contributed by atoms with Gasteiger partial charge in [0, 0.05) is 177 Å². The van der Waals surface area contributed by atoms with E-state index in [1.807, 2.05) is 304 Å². The molecule has 0 spiro atoms. The van der Waals surface area contributed by atoms with Crippen LogP contribution in [0.2, 0.25) is 25.1 Å². The lowest BCUT2D eigenvalue weighted by Gasteiger charge is -2.19. The lowest BCUT2D eigenvalue weighted by Crippen LogP contribution is -2.26. The van der Waals surface area contributed by atoms with Crippen molar-refractivity contribution in [1.82, 2.24) is 24.8 Å². The zero-order chi connectivity index (χ0) is 93.4. The Balaban J connectivity index is 0.000000159. The van der Waals surface area contributed by atoms with E-state index in [1.165, 1.54) is 5.56 Å². The summed E-state index contributed by atoms with van der Waals surface area (Å²) in [4.78, 5) is 81.3. The molecule has 0 radical (unpaired) electrons. The quantitative estimate of drug-likeness (QED) is 0.0341. The highest BCUT2D eigenvalue weighted by Crippen LogP contribution is 2.34. The first-order chi connectivity index (χ1) is 64.3. The first-order valence-electron chi connectivity index (χ1n) is 43.1. The Morgan fingerprint density at radius 1 is 0.280 bits per heavy atom. The largest absolute Gasteiger partial charge is 0.380 e. The van der Waals surface area contributed by atoms with Crippen molar-refractivity contribution in [3.05, 3.63) is 449 Å². The molecule has 11 aromatic carbocycles. The molecule has 4 heterocycles. The Bertz CT molecular complexity index is 5830. The molecule has 0 aliphatic rings. The number of pyridine rings is 4. The van der Waals surface area contributed by atoms with Gasteiger partial charge >= 0.3 is 0 Å². The summed E-state index contributed by atoms with van der Waals surface area (Å²) in [5.74, 6) is 0.495. The van der Waals surface area contributed by atoms with Gasteiger partial charge in [-0.05, 0) is 277 Å². The average molecular weight is 1860 g/mol. The summed E-state index contributed by atoms with van der Waals surface area (Å²) in [5.41, 5.74) is 24.3. The molecule has 0 saturated heterocycles. The molecule has 20 heteroatoms. The second-order valence-corrected chi connectivity index (χ2v) is 33.3. The van der Waals surface area contributed by atoms with Crippen molar-refractivity contribution >= 4 is 87.0 Å². The second-order valence-electron chi connectivity index (χ2n) is 31.1. The van der Waals surface area contributed by atoms with Gasteiger partial charge in [0.15, 0.2) is 23.1 Å². The van der Waals surface area contributed by atoms with E-state index in [4.69, 9.17) is 81.7 Å². The Hall–Kier alpha value is -12.6. The van der Waals surface area contributed by atoms with Crippen LogP contribution in [0.15, 0.2) is 341 Å². The zero-order valence-electron chi connectivity index (χ0n) is 74.6. The Labute approximate surface area is 798 Å². The third-order valence-electron chi connectivity index (χ3n) is 21.7. The standard InChI is InChI=1S/2C23H22ClNO2.3C22H20ClNO2/c1-25(15-17-6-4-3-5-7-17)23(26)19-10-13-22(20(14-19)16-27-2)18-8-11-21(24)12-9-18;1-27-16-20-15-19(7-10-22(20)18-5-8-21(24)9-6-18)23(26)4-2-3-17-11-13-25-14-12-17;1-26-15-19-14-18(22(25)9-2-16-10-12-24-13-11-16)5-8-21(19)17-3-6-20(23)7-4-17;1-26-15-19-13-18(22(25)11-4-16-3-2-12-24-14-16)7-10-21(19)17-5-8-20(23)9-6-17;1-26-15-18-14-17(22(25)12-10-20-4-2-3-13-24-20)7-11-21(18)16-5-8-19(23)9-6-16/h3-14H,15-16H2,1-2H3;5-15H,2-4,16H2,1H3;3-8,10-14H,2,9,15H2,1H3;2-3,5-10,12-14H,4,11,15H2,1H3;2-9,11,13-14H,10,12,15H2,1H3. The van der Waals surface area contributed by atoms with Crippen LogP contribution in [-0.4, -0.2) is 96.5 Å². The molecule has 0 aliphatic carbocycles. The summed E-state index contributed by atoms with van der Waals surface area (Å²) >= 11 is 29.9. The van der Waals surface area contributed by atoms with Gasteiger partial charge in [-0.3, -0.25) is 43.9 Å². The van der Waals surface area contributed by atoms with E-state index in [1.54, 1.807) is 83.8 Å². The molecule has 0 saturated carbocycles. The van der Waals surface area contributed by atoms with Gasteiger partial charge in [0.25, 0.3) is 5.91 Å². The van der Waals surface area contributed by atoms with E-state index in [0.29, 0.717) is 132 Å². The van der Waals surface area contributed by atoms with Crippen molar-refractivity contribution in [3.8, 4) is 55.6 Å². The van der Waals surface area contributed by atoms with Crippen molar-refractivity contribution in [2.24, 2.45) is 0 Å². The van der Waals surface area contributed by atoms with Crippen molar-refractivity contribution < 1.29 is 47.7 Å². The maximum atomic E-state index is 12.9. The number of benzene rings is 11. The Morgan fingerprint density at radius 3 is 0.924 bits per heavy atom. The molecule has 0 atom stereocenters. The molecule has 132 heavy (non-hydrogen) atoms. The number of carbonyl (C=O) groups excluding carboxylic acids is 5. The molecule has 0 aliphatic heterocycles. The van der Waals surface area contributed by atoms with E-state index < -0.39 is 0 Å². The predicted octanol–water partition coefficient (Wildman–Crippen LogP) is 27.3. The van der Waals surface area contributed by atoms with Crippen LogP contribution in [0.5, 0.6) is 0 Å². The molecule has 672 valence electrons. The highest BCUT2D eigenvalue weighted by atomic mass is 35.5. The second kappa shape index (κ2) is 53.1. The summed E-state index contributed by atoms with van der Waals surface area (Å²) in [6.07, 6.45) is 17.9. The summed E-state index contributed by atoms with van der Waals surface area (Å²) in [5, 5.41) is 3.49.